The number of ether oxygens (including phenoxy) is 1. The third kappa shape index (κ3) is 3.80. The van der Waals surface area contributed by atoms with E-state index in [0.717, 1.165) is 22.9 Å². The van der Waals surface area contributed by atoms with Crippen molar-refractivity contribution in [3.63, 3.8) is 0 Å². The summed E-state index contributed by atoms with van der Waals surface area (Å²) in [6, 6.07) is 18.6. The Hall–Kier alpha value is -3.04. The summed E-state index contributed by atoms with van der Waals surface area (Å²) in [7, 11) is 0. The Bertz CT molecular complexity index is 1570. The van der Waals surface area contributed by atoms with Crippen molar-refractivity contribution in [3.05, 3.63) is 66.2 Å². The molecule has 0 aromatic heterocycles. The van der Waals surface area contributed by atoms with Gasteiger partial charge in [0.1, 0.15) is 5.75 Å². The molecule has 2 aliphatic heterocycles. The number of carbonyl (C=O) groups excluding carboxylic acids is 4. The highest BCUT2D eigenvalue weighted by atomic mass is 79.9. The zero-order chi connectivity index (χ0) is 27.9. The van der Waals surface area contributed by atoms with Gasteiger partial charge >= 0.3 is 5.97 Å². The second kappa shape index (κ2) is 9.52. The zero-order valence-corrected chi connectivity index (χ0v) is 24.8. The van der Waals surface area contributed by atoms with Crippen molar-refractivity contribution in [2.45, 2.75) is 29.4 Å². The van der Waals surface area contributed by atoms with E-state index in [0.29, 0.717) is 17.0 Å². The largest absolute Gasteiger partial charge is 0.426 e. The molecule has 204 valence electrons. The predicted molar refractivity (Wildman–Crippen MR) is 158 cm³/mol. The SMILES string of the molecule is Cc1cc(OC(=O)[C@@H]2CC(=O)N(c3cccc4ccccc34)C2)ccc1N1C(=O)[C@@H]2[C@H]3C[C@@H]([C@H](Br)[C@H]3Br)[C@H]2C1=O. The molecule has 2 aliphatic carbocycles. The molecular weight excluding hydrogens is 640 g/mol. The summed E-state index contributed by atoms with van der Waals surface area (Å²) < 4.78 is 5.70. The Kier molecular flexibility index (Phi) is 6.16. The van der Waals surface area contributed by atoms with E-state index in [4.69, 9.17) is 4.74 Å². The number of anilines is 2. The monoisotopic (exact) mass is 664 g/mol. The van der Waals surface area contributed by atoms with Crippen LogP contribution in [-0.4, -0.2) is 39.9 Å². The minimum atomic E-state index is -0.600. The predicted octanol–water partition coefficient (Wildman–Crippen LogP) is 5.39. The van der Waals surface area contributed by atoms with Gasteiger partial charge in [-0.15, -0.1) is 0 Å². The van der Waals surface area contributed by atoms with Crippen LogP contribution in [0.15, 0.2) is 60.7 Å². The summed E-state index contributed by atoms with van der Waals surface area (Å²) >= 11 is 7.45. The normalized spacial score (nSPS) is 31.0. The molecule has 2 saturated heterocycles. The molecule has 0 N–H and O–H groups in total. The minimum absolute atomic E-state index is 0.0736. The lowest BCUT2D eigenvalue weighted by Gasteiger charge is -2.28. The Morgan fingerprint density at radius 1 is 0.875 bits per heavy atom. The molecule has 0 unspecified atom stereocenters. The molecule has 9 heteroatoms. The lowest BCUT2D eigenvalue weighted by atomic mass is 9.81. The zero-order valence-electron chi connectivity index (χ0n) is 21.6. The maximum absolute atomic E-state index is 13.4. The van der Waals surface area contributed by atoms with Crippen molar-refractivity contribution in [1.29, 1.82) is 0 Å². The first-order chi connectivity index (χ1) is 19.2. The topological polar surface area (TPSA) is 84.0 Å². The molecule has 7 atom stereocenters. The first kappa shape index (κ1) is 25.9. The van der Waals surface area contributed by atoms with E-state index in [-0.39, 0.29) is 64.0 Å². The van der Waals surface area contributed by atoms with Crippen molar-refractivity contribution in [1.82, 2.24) is 0 Å². The van der Waals surface area contributed by atoms with Gasteiger partial charge in [-0.2, -0.15) is 0 Å². The number of halogens is 2. The van der Waals surface area contributed by atoms with Gasteiger partial charge in [-0.1, -0.05) is 68.3 Å². The molecule has 7 rings (SSSR count). The van der Waals surface area contributed by atoms with Gasteiger partial charge in [-0.25, -0.2) is 4.90 Å². The van der Waals surface area contributed by atoms with Crippen LogP contribution >= 0.6 is 31.9 Å². The number of benzene rings is 3. The van der Waals surface area contributed by atoms with Crippen LogP contribution < -0.4 is 14.5 Å². The van der Waals surface area contributed by atoms with Crippen molar-refractivity contribution in [3.8, 4) is 5.75 Å². The van der Waals surface area contributed by atoms with E-state index in [1.165, 1.54) is 4.90 Å². The molecule has 7 nitrogen and oxygen atoms in total. The van der Waals surface area contributed by atoms with Crippen LogP contribution in [0.2, 0.25) is 0 Å². The average Bonchev–Trinajstić information content (AvgIpc) is 3.67. The van der Waals surface area contributed by atoms with Crippen LogP contribution in [0, 0.1) is 36.5 Å². The first-order valence-corrected chi connectivity index (χ1v) is 15.3. The lowest BCUT2D eigenvalue weighted by Crippen LogP contribution is -2.37. The molecular formula is C31H26Br2N2O5. The van der Waals surface area contributed by atoms with Crippen molar-refractivity contribution in [2.24, 2.45) is 29.6 Å². The first-order valence-electron chi connectivity index (χ1n) is 13.5. The highest BCUT2D eigenvalue weighted by molar-refractivity contribution is 9.12. The number of alkyl halides is 2. The third-order valence-corrected chi connectivity index (χ3v) is 12.3. The van der Waals surface area contributed by atoms with Gasteiger partial charge < -0.3 is 9.64 Å². The van der Waals surface area contributed by atoms with Gasteiger partial charge in [-0.3, -0.25) is 19.2 Å². The second-order valence-electron chi connectivity index (χ2n) is 11.3. The molecule has 4 aliphatic rings. The maximum atomic E-state index is 13.4. The number of aryl methyl sites for hydroxylation is 1. The maximum Gasteiger partial charge on any atom is 0.316 e. The van der Waals surface area contributed by atoms with E-state index in [1.54, 1.807) is 30.0 Å². The standard InChI is InChI=1S/C31H26Br2N2O5/c1-15-11-18(9-10-22(15)35-29(37)25-20-13-21(26(25)30(35)38)28(33)27(20)32)40-31(39)17-12-24(36)34(14-17)23-8-4-6-16-5-2-3-7-19(16)23/h2-11,17,20-21,25-28H,12-14H2,1H3/t17-,20-,21-,25-,26-,27+,28+/m1/s1. The van der Waals surface area contributed by atoms with Crippen molar-refractivity contribution < 1.29 is 23.9 Å². The Morgan fingerprint density at radius 2 is 1.55 bits per heavy atom. The number of carbonyl (C=O) groups is 4. The van der Waals surface area contributed by atoms with Crippen LogP contribution in [0.4, 0.5) is 11.4 Å². The molecule has 0 radical (unpaired) electrons. The summed E-state index contributed by atoms with van der Waals surface area (Å²) in [5.74, 6) is -1.46. The van der Waals surface area contributed by atoms with Crippen molar-refractivity contribution in [2.75, 3.05) is 16.3 Å². The number of hydrogen-bond acceptors (Lipinski definition) is 5. The second-order valence-corrected chi connectivity index (χ2v) is 13.4. The van der Waals surface area contributed by atoms with E-state index >= 15 is 0 Å². The van der Waals surface area contributed by atoms with Crippen LogP contribution in [0.5, 0.6) is 5.75 Å². The third-order valence-electron chi connectivity index (χ3n) is 9.13. The lowest BCUT2D eigenvalue weighted by molar-refractivity contribution is -0.139. The highest BCUT2D eigenvalue weighted by Gasteiger charge is 2.66. The molecule has 2 saturated carbocycles. The fourth-order valence-electron chi connectivity index (χ4n) is 7.27. The van der Waals surface area contributed by atoms with Crippen LogP contribution in [0.1, 0.15) is 18.4 Å². The Labute approximate surface area is 248 Å². The molecule has 4 fully saturated rings. The number of hydrogen-bond donors (Lipinski definition) is 0. The van der Waals surface area contributed by atoms with E-state index in [1.807, 2.05) is 42.5 Å². The summed E-state index contributed by atoms with van der Waals surface area (Å²) in [5.41, 5.74) is 1.98. The van der Waals surface area contributed by atoms with E-state index < -0.39 is 11.9 Å². The molecule has 2 heterocycles. The Morgan fingerprint density at radius 3 is 2.25 bits per heavy atom. The number of fused-ring (bicyclic) bond motifs is 6. The van der Waals surface area contributed by atoms with Crippen molar-refractivity contribution >= 4 is 77.7 Å². The van der Waals surface area contributed by atoms with Gasteiger partial charge in [0.05, 0.1) is 29.1 Å². The van der Waals surface area contributed by atoms with E-state index in [9.17, 15) is 19.2 Å². The molecule has 3 amide bonds. The van der Waals surface area contributed by atoms with Crippen LogP contribution in [0.25, 0.3) is 10.8 Å². The van der Waals surface area contributed by atoms with Gasteiger partial charge in [0, 0.05) is 28.0 Å². The Balaban J connectivity index is 1.07. The smallest absolute Gasteiger partial charge is 0.316 e. The van der Waals surface area contributed by atoms with Gasteiger partial charge in [-0.05, 0) is 60.4 Å². The quantitative estimate of drug-likeness (QED) is 0.162. The van der Waals surface area contributed by atoms with E-state index in [2.05, 4.69) is 31.9 Å². The summed E-state index contributed by atoms with van der Waals surface area (Å²) in [6.07, 6.45) is 0.950. The van der Waals surface area contributed by atoms with Gasteiger partial charge in [0.2, 0.25) is 17.7 Å². The average molecular weight is 666 g/mol. The summed E-state index contributed by atoms with van der Waals surface area (Å²) in [4.78, 5) is 56.2. The van der Waals surface area contributed by atoms with Gasteiger partial charge in [0.25, 0.3) is 0 Å². The molecule has 2 bridgehead atoms. The number of nitrogens with zero attached hydrogens (tertiary/aromatic N) is 2. The molecule has 3 aromatic rings. The summed E-state index contributed by atoms with van der Waals surface area (Å²) in [5, 5.41) is 1.99. The minimum Gasteiger partial charge on any atom is -0.426 e. The number of imide groups is 1. The van der Waals surface area contributed by atoms with Gasteiger partial charge in [0.15, 0.2) is 0 Å². The number of amides is 3. The molecule has 40 heavy (non-hydrogen) atoms. The number of esters is 1. The number of rotatable bonds is 4. The van der Waals surface area contributed by atoms with Crippen LogP contribution in [-0.2, 0) is 19.2 Å². The molecule has 0 spiro atoms. The fourth-order valence-corrected chi connectivity index (χ4v) is 9.14. The summed E-state index contributed by atoms with van der Waals surface area (Å²) in [6.45, 7) is 2.05. The fraction of sp³-hybridized carbons (Fsp3) is 0.355. The van der Waals surface area contributed by atoms with Crippen LogP contribution in [0.3, 0.4) is 0 Å². The molecule has 3 aromatic carbocycles. The highest BCUT2D eigenvalue weighted by Crippen LogP contribution is 2.60.